The number of ether oxygens (including phenoxy) is 2. The molecule has 3 heterocycles. The number of fused-ring (bicyclic) bond motifs is 2. The molecule has 1 aliphatic heterocycles. The van der Waals surface area contributed by atoms with Crippen LogP contribution in [0.2, 0.25) is 0 Å². The molecule has 0 bridgehead atoms. The lowest BCUT2D eigenvalue weighted by molar-refractivity contribution is -0.147. The molecule has 1 aliphatic rings. The second-order valence-electron chi connectivity index (χ2n) is 9.52. The Morgan fingerprint density at radius 1 is 1.29 bits per heavy atom. The van der Waals surface area contributed by atoms with Crippen molar-refractivity contribution in [1.82, 2.24) is 14.8 Å². The molecule has 0 spiro atoms. The van der Waals surface area contributed by atoms with Gasteiger partial charge in [0, 0.05) is 46.7 Å². The molecule has 184 valence electrons. The Bertz CT molecular complexity index is 1460. The number of rotatable bonds is 6. The number of hydrogen-bond acceptors (Lipinski definition) is 4. The van der Waals surface area contributed by atoms with Crippen LogP contribution in [0.4, 0.5) is 13.2 Å². The number of methoxy groups -OCH3 is 1. The Kier molecular flexibility index (Phi) is 5.60. The standard InChI is InChI=1S/C25H24F3N3O4/c1-25(2,11-34-3)23-19(13-7-18(24(32)33)35-10-13)20-17(6-12-9-29-30-22(12)21(20)28)31(23)14-4-5-15(26)16(27)8-14/h4-6,8-9,13,18H,7,10-11H2,1-3H3,(H,29,30)(H,32,33)/t13-,18+/m0/s1. The fraction of sp³-hybridized carbons (Fsp3) is 0.360. The van der Waals surface area contributed by atoms with Gasteiger partial charge in [-0.05, 0) is 30.2 Å². The minimum atomic E-state index is -1.09. The molecule has 10 heteroatoms. The van der Waals surface area contributed by atoms with E-state index in [1.165, 1.54) is 12.3 Å². The van der Waals surface area contributed by atoms with Crippen molar-refractivity contribution in [3.63, 3.8) is 0 Å². The van der Waals surface area contributed by atoms with Gasteiger partial charge in [-0.3, -0.25) is 5.10 Å². The number of carboxylic acid groups (broad SMARTS) is 1. The number of aliphatic carboxylic acids is 1. The Morgan fingerprint density at radius 3 is 2.71 bits per heavy atom. The minimum absolute atomic E-state index is 0.0738. The number of benzene rings is 2. The maximum Gasteiger partial charge on any atom is 0.332 e. The lowest BCUT2D eigenvalue weighted by Gasteiger charge is -2.29. The molecule has 1 fully saturated rings. The van der Waals surface area contributed by atoms with E-state index < -0.39 is 40.9 Å². The van der Waals surface area contributed by atoms with E-state index in [1.54, 1.807) is 17.7 Å². The van der Waals surface area contributed by atoms with Crippen molar-refractivity contribution in [2.45, 2.75) is 37.7 Å². The lowest BCUT2D eigenvalue weighted by atomic mass is 9.82. The maximum absolute atomic E-state index is 16.1. The van der Waals surface area contributed by atoms with Gasteiger partial charge in [0.25, 0.3) is 0 Å². The maximum atomic E-state index is 16.1. The van der Waals surface area contributed by atoms with Gasteiger partial charge in [-0.15, -0.1) is 0 Å². The number of nitrogens with one attached hydrogen (secondary N) is 1. The number of carboxylic acids is 1. The van der Waals surface area contributed by atoms with Crippen LogP contribution in [-0.2, 0) is 19.7 Å². The van der Waals surface area contributed by atoms with Crippen LogP contribution in [0.25, 0.3) is 27.5 Å². The predicted octanol–water partition coefficient (Wildman–Crippen LogP) is 4.81. The van der Waals surface area contributed by atoms with Gasteiger partial charge in [-0.25, -0.2) is 18.0 Å². The Morgan fingerprint density at radius 2 is 2.06 bits per heavy atom. The van der Waals surface area contributed by atoms with Crippen LogP contribution in [0.15, 0.2) is 30.5 Å². The van der Waals surface area contributed by atoms with Crippen molar-refractivity contribution in [2.24, 2.45) is 0 Å². The largest absolute Gasteiger partial charge is 0.479 e. The molecule has 2 aromatic heterocycles. The smallest absolute Gasteiger partial charge is 0.332 e. The molecular formula is C25H24F3N3O4. The summed E-state index contributed by atoms with van der Waals surface area (Å²) >= 11 is 0. The Labute approximate surface area is 198 Å². The van der Waals surface area contributed by atoms with E-state index in [2.05, 4.69) is 10.2 Å². The molecule has 0 radical (unpaired) electrons. The monoisotopic (exact) mass is 487 g/mol. The topological polar surface area (TPSA) is 89.4 Å². The molecule has 4 aromatic rings. The third-order valence-electron chi connectivity index (χ3n) is 6.63. The Hall–Kier alpha value is -3.37. The van der Waals surface area contributed by atoms with E-state index >= 15 is 4.39 Å². The van der Waals surface area contributed by atoms with E-state index in [0.29, 0.717) is 27.8 Å². The van der Waals surface area contributed by atoms with Gasteiger partial charge in [0.1, 0.15) is 5.52 Å². The van der Waals surface area contributed by atoms with Gasteiger partial charge < -0.3 is 19.1 Å². The number of nitrogens with zero attached hydrogens (tertiary/aromatic N) is 2. The first-order valence-corrected chi connectivity index (χ1v) is 11.1. The first kappa shape index (κ1) is 23.4. The molecule has 0 saturated carbocycles. The highest BCUT2D eigenvalue weighted by atomic mass is 19.2. The van der Waals surface area contributed by atoms with Gasteiger partial charge in [-0.1, -0.05) is 13.8 Å². The molecule has 7 nitrogen and oxygen atoms in total. The zero-order valence-electron chi connectivity index (χ0n) is 19.4. The molecule has 35 heavy (non-hydrogen) atoms. The van der Waals surface area contributed by atoms with Crippen molar-refractivity contribution < 1.29 is 32.5 Å². The van der Waals surface area contributed by atoms with Crippen LogP contribution in [0, 0.1) is 17.5 Å². The predicted molar refractivity (Wildman–Crippen MR) is 122 cm³/mol. The summed E-state index contributed by atoms with van der Waals surface area (Å²) in [5.74, 6) is -4.14. The summed E-state index contributed by atoms with van der Waals surface area (Å²) in [4.78, 5) is 11.6. The number of H-pyrrole nitrogens is 1. The van der Waals surface area contributed by atoms with Crippen LogP contribution in [-0.4, -0.2) is 52.3 Å². The number of aromatic nitrogens is 3. The van der Waals surface area contributed by atoms with Gasteiger partial charge in [0.15, 0.2) is 23.6 Å². The SMILES string of the molecule is COCC(C)(C)c1c([C@@H]2CO[C@@H](C(=O)O)C2)c2c(F)c3[nH]ncc3cc2n1-c1ccc(F)c(F)c1. The lowest BCUT2D eigenvalue weighted by Crippen LogP contribution is -2.29. The fourth-order valence-electron chi connectivity index (χ4n) is 5.22. The molecule has 2 aromatic carbocycles. The summed E-state index contributed by atoms with van der Waals surface area (Å²) in [6.45, 7) is 4.11. The van der Waals surface area contributed by atoms with Crippen LogP contribution in [0.5, 0.6) is 0 Å². The Balaban J connectivity index is 1.92. The summed E-state index contributed by atoms with van der Waals surface area (Å²) in [7, 11) is 1.54. The van der Waals surface area contributed by atoms with E-state index in [-0.39, 0.29) is 30.5 Å². The van der Waals surface area contributed by atoms with Crippen LogP contribution >= 0.6 is 0 Å². The fourth-order valence-corrected chi connectivity index (χ4v) is 5.22. The van der Waals surface area contributed by atoms with Gasteiger partial charge in [0.2, 0.25) is 0 Å². The van der Waals surface area contributed by atoms with Crippen LogP contribution in [0.3, 0.4) is 0 Å². The van der Waals surface area contributed by atoms with Crippen molar-refractivity contribution in [3.8, 4) is 5.69 Å². The molecular weight excluding hydrogens is 463 g/mol. The highest BCUT2D eigenvalue weighted by Gasteiger charge is 2.40. The summed E-state index contributed by atoms with van der Waals surface area (Å²) < 4.78 is 57.0. The summed E-state index contributed by atoms with van der Waals surface area (Å²) in [6.07, 6.45) is 0.598. The summed E-state index contributed by atoms with van der Waals surface area (Å²) in [6, 6.07) is 5.25. The number of hydrogen-bond donors (Lipinski definition) is 2. The quantitative estimate of drug-likeness (QED) is 0.408. The number of aromatic amines is 1. The van der Waals surface area contributed by atoms with E-state index in [0.717, 1.165) is 12.1 Å². The first-order valence-electron chi connectivity index (χ1n) is 11.1. The summed E-state index contributed by atoms with van der Waals surface area (Å²) in [5, 5.41) is 16.9. The molecule has 2 N–H and O–H groups in total. The second kappa shape index (κ2) is 8.39. The van der Waals surface area contributed by atoms with Crippen LogP contribution in [0.1, 0.15) is 37.4 Å². The molecule has 5 rings (SSSR count). The van der Waals surface area contributed by atoms with Crippen molar-refractivity contribution >= 4 is 27.8 Å². The average Bonchev–Trinajstić information content (AvgIpc) is 3.52. The zero-order valence-corrected chi connectivity index (χ0v) is 19.4. The molecule has 0 unspecified atom stereocenters. The third kappa shape index (κ3) is 3.68. The minimum Gasteiger partial charge on any atom is -0.479 e. The van der Waals surface area contributed by atoms with Gasteiger partial charge >= 0.3 is 5.97 Å². The highest BCUT2D eigenvalue weighted by molar-refractivity contribution is 6.00. The van der Waals surface area contributed by atoms with Crippen molar-refractivity contribution in [3.05, 3.63) is 59.2 Å². The second-order valence-corrected chi connectivity index (χ2v) is 9.52. The van der Waals surface area contributed by atoms with Gasteiger partial charge in [-0.2, -0.15) is 5.10 Å². The normalized spacial score (nSPS) is 18.7. The van der Waals surface area contributed by atoms with E-state index in [9.17, 15) is 18.7 Å². The van der Waals surface area contributed by atoms with E-state index in [4.69, 9.17) is 9.47 Å². The number of carbonyl (C=O) groups is 1. The van der Waals surface area contributed by atoms with E-state index in [1.807, 2.05) is 13.8 Å². The van der Waals surface area contributed by atoms with Crippen molar-refractivity contribution in [1.29, 1.82) is 0 Å². The number of halogens is 3. The molecule has 0 amide bonds. The van der Waals surface area contributed by atoms with Gasteiger partial charge in [0.05, 0.1) is 24.9 Å². The zero-order chi connectivity index (χ0) is 25.1. The molecule has 1 saturated heterocycles. The summed E-state index contributed by atoms with van der Waals surface area (Å²) in [5.41, 5.74) is 1.37. The average molecular weight is 487 g/mol. The van der Waals surface area contributed by atoms with Crippen LogP contribution < -0.4 is 0 Å². The molecule has 0 aliphatic carbocycles. The third-order valence-corrected chi connectivity index (χ3v) is 6.63. The molecule has 2 atom stereocenters. The van der Waals surface area contributed by atoms with Crippen molar-refractivity contribution in [2.75, 3.05) is 20.3 Å². The first-order chi connectivity index (χ1) is 16.6. The highest BCUT2D eigenvalue weighted by Crippen LogP contribution is 2.46.